The Morgan fingerprint density at radius 1 is 1.18 bits per heavy atom. The molecule has 2 unspecified atom stereocenters. The Balaban J connectivity index is 1.56. The molecule has 1 fully saturated rings. The topological polar surface area (TPSA) is 123 Å². The molecule has 1 N–H and O–H groups in total. The van der Waals surface area contributed by atoms with Crippen molar-refractivity contribution in [2.45, 2.75) is 25.5 Å². The zero-order valence-electron chi connectivity index (χ0n) is 19.8. The third kappa shape index (κ3) is 3.89. The fourth-order valence-corrected chi connectivity index (χ4v) is 6.14. The number of carbonyl (C=O) groups is 2. The van der Waals surface area contributed by atoms with Gasteiger partial charge in [0.25, 0.3) is 11.5 Å². The van der Waals surface area contributed by atoms with Crippen LogP contribution in [0.1, 0.15) is 29.7 Å². The maximum Gasteiger partial charge on any atom is 0.301 e. The minimum Gasteiger partial charge on any atom is -0.507 e. The molecule has 0 aliphatic carbocycles. The summed E-state index contributed by atoms with van der Waals surface area (Å²) in [6, 6.07) is 14.6. The number of nitrogens with zero attached hydrogens (tertiary/aromatic N) is 3. The molecule has 4 aromatic rings. The van der Waals surface area contributed by atoms with Crippen LogP contribution in [0.25, 0.3) is 16.0 Å². The number of non-ortho nitro benzene ring substituents is 1. The first-order chi connectivity index (χ1) is 18.2. The molecule has 1 amide bonds. The predicted molar refractivity (Wildman–Crippen MR) is 143 cm³/mol. The van der Waals surface area contributed by atoms with Gasteiger partial charge in [-0.15, -0.1) is 0 Å². The highest BCUT2D eigenvalue weighted by atomic mass is 35.5. The van der Waals surface area contributed by atoms with E-state index in [0.717, 1.165) is 16.9 Å². The van der Waals surface area contributed by atoms with Crippen LogP contribution in [-0.2, 0) is 16.0 Å². The summed E-state index contributed by atoms with van der Waals surface area (Å²) in [6.45, 7) is 1.93. The van der Waals surface area contributed by atoms with Gasteiger partial charge < -0.3 is 9.84 Å². The van der Waals surface area contributed by atoms with E-state index in [1.54, 1.807) is 42.5 Å². The number of aliphatic hydroxyl groups excluding tert-OH is 1. The lowest BCUT2D eigenvalue weighted by Gasteiger charge is -2.22. The zero-order chi connectivity index (χ0) is 26.7. The van der Waals surface area contributed by atoms with Gasteiger partial charge in [-0.2, -0.15) is 0 Å². The molecule has 9 nitrogen and oxygen atoms in total. The molecule has 1 saturated heterocycles. The number of anilines is 1. The third-order valence-electron chi connectivity index (χ3n) is 6.56. The van der Waals surface area contributed by atoms with E-state index >= 15 is 0 Å². The quantitative estimate of drug-likeness (QED) is 0.112. The van der Waals surface area contributed by atoms with E-state index in [1.165, 1.54) is 23.1 Å². The summed E-state index contributed by atoms with van der Waals surface area (Å²) in [6.07, 6.45) is 0.610. The van der Waals surface area contributed by atoms with Crippen LogP contribution in [0.15, 0.2) is 66.2 Å². The first kappa shape index (κ1) is 24.1. The maximum absolute atomic E-state index is 13.4. The highest BCUT2D eigenvalue weighted by Crippen LogP contribution is 2.45. The van der Waals surface area contributed by atoms with Crippen molar-refractivity contribution >= 4 is 61.4 Å². The molecule has 1 aromatic heterocycles. The van der Waals surface area contributed by atoms with Crippen molar-refractivity contribution in [1.29, 1.82) is 0 Å². The Kier molecular flexibility index (Phi) is 5.66. The summed E-state index contributed by atoms with van der Waals surface area (Å²) in [4.78, 5) is 43.6. The minimum absolute atomic E-state index is 0.0228. The van der Waals surface area contributed by atoms with Gasteiger partial charge in [-0.25, -0.2) is 4.98 Å². The summed E-state index contributed by atoms with van der Waals surface area (Å²) in [5, 5.41) is 23.6. The van der Waals surface area contributed by atoms with Crippen LogP contribution in [0.2, 0.25) is 5.02 Å². The van der Waals surface area contributed by atoms with Crippen molar-refractivity contribution in [2.75, 3.05) is 4.90 Å². The number of nitro benzene ring substituents is 1. The van der Waals surface area contributed by atoms with Gasteiger partial charge in [-0.1, -0.05) is 35.1 Å². The lowest BCUT2D eigenvalue weighted by molar-refractivity contribution is -0.384. The molecule has 3 aromatic carbocycles. The normalized spacial score (nSPS) is 20.1. The molecule has 3 heterocycles. The lowest BCUT2D eigenvalue weighted by atomic mass is 9.94. The van der Waals surface area contributed by atoms with E-state index < -0.39 is 22.7 Å². The van der Waals surface area contributed by atoms with E-state index in [2.05, 4.69) is 4.98 Å². The monoisotopic (exact) mass is 547 g/mol. The summed E-state index contributed by atoms with van der Waals surface area (Å²) in [7, 11) is 0. The smallest absolute Gasteiger partial charge is 0.301 e. The molecule has 0 spiro atoms. The highest BCUT2D eigenvalue weighted by Gasteiger charge is 2.48. The Hall–Kier alpha value is -4.28. The number of hydrogen-bond acceptors (Lipinski definition) is 8. The average molecular weight is 548 g/mol. The van der Waals surface area contributed by atoms with Crippen LogP contribution >= 0.6 is 22.9 Å². The fourth-order valence-electron chi connectivity index (χ4n) is 4.87. The Bertz CT molecular complexity index is 1710. The van der Waals surface area contributed by atoms with E-state index in [1.807, 2.05) is 6.92 Å². The Morgan fingerprint density at radius 3 is 2.79 bits per heavy atom. The number of hydrogen-bond donors (Lipinski definition) is 1. The predicted octanol–water partition coefficient (Wildman–Crippen LogP) is 5.81. The van der Waals surface area contributed by atoms with Gasteiger partial charge in [0.15, 0.2) is 5.13 Å². The molecule has 38 heavy (non-hydrogen) atoms. The molecular formula is C27H18ClN3O6S. The van der Waals surface area contributed by atoms with Crippen LogP contribution in [0.4, 0.5) is 10.8 Å². The molecule has 11 heteroatoms. The van der Waals surface area contributed by atoms with E-state index in [0.29, 0.717) is 33.0 Å². The first-order valence-corrected chi connectivity index (χ1v) is 12.8. The summed E-state index contributed by atoms with van der Waals surface area (Å²) >= 11 is 7.28. The van der Waals surface area contributed by atoms with Crippen molar-refractivity contribution < 1.29 is 24.4 Å². The summed E-state index contributed by atoms with van der Waals surface area (Å²) in [5.41, 5.74) is 1.67. The van der Waals surface area contributed by atoms with Crippen molar-refractivity contribution in [3.8, 4) is 5.75 Å². The minimum atomic E-state index is -1.14. The lowest BCUT2D eigenvalue weighted by Crippen LogP contribution is -2.29. The Labute approximate surface area is 224 Å². The van der Waals surface area contributed by atoms with Gasteiger partial charge in [0.1, 0.15) is 17.6 Å². The number of aromatic nitrogens is 1. The number of amides is 1. The summed E-state index contributed by atoms with van der Waals surface area (Å²) < 4.78 is 6.43. The first-order valence-electron chi connectivity index (χ1n) is 11.6. The van der Waals surface area contributed by atoms with E-state index in [-0.39, 0.29) is 33.8 Å². The fraction of sp³-hybridized carbons (Fsp3) is 0.148. The number of aliphatic hydroxyl groups is 1. The molecule has 2 aliphatic rings. The molecule has 190 valence electrons. The number of halogens is 1. The number of benzene rings is 3. The summed E-state index contributed by atoms with van der Waals surface area (Å²) in [5.74, 6) is -1.50. The van der Waals surface area contributed by atoms with Crippen LogP contribution in [-0.4, -0.2) is 32.8 Å². The molecular weight excluding hydrogens is 530 g/mol. The second-order valence-electron chi connectivity index (χ2n) is 9.08. The number of carbonyl (C=O) groups excluding carboxylic acids is 2. The van der Waals surface area contributed by atoms with Crippen LogP contribution in [0, 0.1) is 10.1 Å². The molecule has 0 radical (unpaired) electrons. The number of ether oxygens (including phenoxy) is 1. The van der Waals surface area contributed by atoms with Gasteiger partial charge in [0.2, 0.25) is 0 Å². The molecule has 2 atom stereocenters. The van der Waals surface area contributed by atoms with Crippen molar-refractivity contribution in [1.82, 2.24) is 4.98 Å². The molecule has 6 rings (SSSR count). The van der Waals surface area contributed by atoms with Crippen molar-refractivity contribution in [3.63, 3.8) is 0 Å². The van der Waals surface area contributed by atoms with Crippen LogP contribution < -0.4 is 9.64 Å². The van der Waals surface area contributed by atoms with E-state index in [4.69, 9.17) is 16.3 Å². The second-order valence-corrected chi connectivity index (χ2v) is 10.5. The maximum atomic E-state index is 13.4. The Morgan fingerprint density at radius 2 is 2.00 bits per heavy atom. The number of rotatable bonds is 4. The van der Waals surface area contributed by atoms with Crippen LogP contribution in [0.5, 0.6) is 5.75 Å². The van der Waals surface area contributed by atoms with Gasteiger partial charge in [0, 0.05) is 29.1 Å². The van der Waals surface area contributed by atoms with Gasteiger partial charge in [-0.3, -0.25) is 24.6 Å². The van der Waals surface area contributed by atoms with Gasteiger partial charge in [0.05, 0.1) is 26.8 Å². The van der Waals surface area contributed by atoms with Crippen molar-refractivity contribution in [3.05, 3.63) is 98.1 Å². The van der Waals surface area contributed by atoms with Crippen molar-refractivity contribution in [2.24, 2.45) is 0 Å². The number of nitro groups is 1. The average Bonchev–Trinajstić information content (AvgIpc) is 3.55. The van der Waals surface area contributed by atoms with Crippen LogP contribution in [0.3, 0.4) is 0 Å². The number of fused-ring (bicyclic) bond motifs is 2. The molecule has 0 bridgehead atoms. The SMILES string of the molecule is CC1Cc2cc(C(O)=C3C(=O)C(=O)N(c4nc5ccc(Cl)cc5s4)C3c3cccc([N+](=O)[O-])c3)ccc2O1. The largest absolute Gasteiger partial charge is 0.507 e. The second kappa shape index (κ2) is 8.93. The van der Waals surface area contributed by atoms with Gasteiger partial charge >= 0.3 is 5.91 Å². The molecule has 2 aliphatic heterocycles. The number of ketones is 1. The zero-order valence-corrected chi connectivity index (χ0v) is 21.3. The van der Waals surface area contributed by atoms with E-state index in [9.17, 15) is 24.8 Å². The number of Topliss-reactive ketones (excluding diaryl/α,β-unsaturated/α-hetero) is 1. The highest BCUT2D eigenvalue weighted by molar-refractivity contribution is 7.22. The molecule has 0 saturated carbocycles. The number of thiazole rings is 1. The standard InChI is InChI=1S/C27H18ClN3O6S/c1-13-9-16-10-15(5-8-20(16)37-13)24(32)22-23(14-3-2-4-18(11-14)31(35)36)30(26(34)25(22)33)27-29-19-7-6-17(28)12-21(19)38-27/h2-8,10-13,23,32H,9H2,1H3. The third-order valence-corrected chi connectivity index (χ3v) is 7.81. The van der Waals surface area contributed by atoms with Gasteiger partial charge in [-0.05, 0) is 54.4 Å².